The maximum atomic E-state index is 12.7. The van der Waals surface area contributed by atoms with Crippen LogP contribution in [0.15, 0.2) is 48.5 Å². The average molecular weight is 365 g/mol. The lowest BCUT2D eigenvalue weighted by atomic mass is 10.0. The average Bonchev–Trinajstić information content (AvgIpc) is 2.67. The van der Waals surface area contributed by atoms with Crippen LogP contribution in [0.3, 0.4) is 0 Å². The Kier molecular flexibility index (Phi) is 6.95. The van der Waals surface area contributed by atoms with Gasteiger partial charge in [-0.15, -0.1) is 0 Å². The van der Waals surface area contributed by atoms with Crippen LogP contribution >= 0.6 is 0 Å². The molecule has 0 aromatic heterocycles. The molecule has 0 radical (unpaired) electrons. The quantitative estimate of drug-likeness (QED) is 0.787. The summed E-state index contributed by atoms with van der Waals surface area (Å²) in [6, 6.07) is 14.8. The summed E-state index contributed by atoms with van der Waals surface area (Å²) in [6.45, 7) is 6.00. The highest BCUT2D eigenvalue weighted by Crippen LogP contribution is 2.19. The number of ether oxygens (including phenoxy) is 1. The molecule has 0 unspecified atom stereocenters. The SMILES string of the molecule is CCOc1ccccc1C(=O)N[C@@H](C(=O)Nc1ccc(C#N)cc1)C(C)C. The summed E-state index contributed by atoms with van der Waals surface area (Å²) >= 11 is 0. The number of rotatable bonds is 7. The third-order valence-electron chi connectivity index (χ3n) is 3.95. The molecule has 2 N–H and O–H groups in total. The van der Waals surface area contributed by atoms with E-state index in [-0.39, 0.29) is 17.7 Å². The zero-order valence-corrected chi connectivity index (χ0v) is 15.7. The van der Waals surface area contributed by atoms with Gasteiger partial charge in [-0.3, -0.25) is 9.59 Å². The predicted molar refractivity (Wildman–Crippen MR) is 103 cm³/mol. The van der Waals surface area contributed by atoms with Crippen LogP contribution in [0.25, 0.3) is 0 Å². The number of nitrogens with zero attached hydrogens (tertiary/aromatic N) is 1. The molecule has 0 saturated carbocycles. The predicted octanol–water partition coefficient (Wildman–Crippen LogP) is 3.35. The van der Waals surface area contributed by atoms with Crippen molar-refractivity contribution in [2.45, 2.75) is 26.8 Å². The zero-order chi connectivity index (χ0) is 19.8. The topological polar surface area (TPSA) is 91.2 Å². The Morgan fingerprint density at radius 2 is 1.78 bits per heavy atom. The van der Waals surface area contributed by atoms with Crippen molar-refractivity contribution in [3.05, 3.63) is 59.7 Å². The number of carbonyl (C=O) groups excluding carboxylic acids is 2. The smallest absolute Gasteiger partial charge is 0.255 e. The van der Waals surface area contributed by atoms with Crippen LogP contribution in [-0.2, 0) is 4.79 Å². The van der Waals surface area contributed by atoms with Gasteiger partial charge in [-0.2, -0.15) is 5.26 Å². The number of hydrogen-bond donors (Lipinski definition) is 2. The Bertz CT molecular complexity index is 838. The van der Waals surface area contributed by atoms with E-state index in [9.17, 15) is 9.59 Å². The highest BCUT2D eigenvalue weighted by Gasteiger charge is 2.26. The molecule has 0 aliphatic rings. The number of hydrogen-bond acceptors (Lipinski definition) is 4. The van der Waals surface area contributed by atoms with Gasteiger partial charge in [0.05, 0.1) is 23.8 Å². The number of nitrogens with one attached hydrogen (secondary N) is 2. The molecule has 2 rings (SSSR count). The van der Waals surface area contributed by atoms with Gasteiger partial charge in [-0.1, -0.05) is 26.0 Å². The van der Waals surface area contributed by atoms with E-state index in [1.165, 1.54) is 0 Å². The molecular weight excluding hydrogens is 342 g/mol. The van der Waals surface area contributed by atoms with E-state index in [1.54, 1.807) is 48.5 Å². The van der Waals surface area contributed by atoms with E-state index in [0.717, 1.165) is 0 Å². The summed E-state index contributed by atoms with van der Waals surface area (Å²) in [7, 11) is 0. The van der Waals surface area contributed by atoms with Crippen LogP contribution in [-0.4, -0.2) is 24.5 Å². The second kappa shape index (κ2) is 9.39. The minimum absolute atomic E-state index is 0.119. The van der Waals surface area contributed by atoms with E-state index in [1.807, 2.05) is 26.8 Å². The van der Waals surface area contributed by atoms with E-state index >= 15 is 0 Å². The standard InChI is InChI=1S/C21H23N3O3/c1-4-27-18-8-6-5-7-17(18)20(25)24-19(14(2)3)21(26)23-16-11-9-15(13-22)10-12-16/h5-12,14,19H,4H2,1-3H3,(H,23,26)(H,24,25)/t19-/m1/s1. The van der Waals surface area contributed by atoms with Gasteiger partial charge in [0.1, 0.15) is 11.8 Å². The van der Waals surface area contributed by atoms with E-state index < -0.39 is 6.04 Å². The van der Waals surface area contributed by atoms with Gasteiger partial charge >= 0.3 is 0 Å². The van der Waals surface area contributed by atoms with Crippen molar-refractivity contribution in [2.24, 2.45) is 5.92 Å². The molecule has 0 heterocycles. The lowest BCUT2D eigenvalue weighted by Gasteiger charge is -2.22. The fourth-order valence-corrected chi connectivity index (χ4v) is 2.54. The maximum Gasteiger partial charge on any atom is 0.255 e. The minimum Gasteiger partial charge on any atom is -0.493 e. The number of anilines is 1. The molecule has 0 spiro atoms. The van der Waals surface area contributed by atoms with Gasteiger partial charge in [-0.25, -0.2) is 0 Å². The van der Waals surface area contributed by atoms with Crippen molar-refractivity contribution in [3.63, 3.8) is 0 Å². The van der Waals surface area contributed by atoms with Gasteiger partial charge in [-0.05, 0) is 49.2 Å². The molecule has 0 bridgehead atoms. The molecule has 0 aliphatic heterocycles. The third-order valence-corrected chi connectivity index (χ3v) is 3.95. The highest BCUT2D eigenvalue weighted by atomic mass is 16.5. The fourth-order valence-electron chi connectivity index (χ4n) is 2.54. The van der Waals surface area contributed by atoms with Crippen molar-refractivity contribution in [3.8, 4) is 11.8 Å². The molecule has 27 heavy (non-hydrogen) atoms. The maximum absolute atomic E-state index is 12.7. The number of amides is 2. The fraction of sp³-hybridized carbons (Fsp3) is 0.286. The van der Waals surface area contributed by atoms with Crippen LogP contribution in [0.4, 0.5) is 5.69 Å². The molecule has 1 atom stereocenters. The van der Waals surface area contributed by atoms with E-state index in [0.29, 0.717) is 29.2 Å². The summed E-state index contributed by atoms with van der Waals surface area (Å²) in [5.41, 5.74) is 1.46. The summed E-state index contributed by atoms with van der Waals surface area (Å²) < 4.78 is 5.49. The molecule has 0 fully saturated rings. The first kappa shape index (κ1) is 20.0. The van der Waals surface area contributed by atoms with Crippen molar-refractivity contribution < 1.29 is 14.3 Å². The molecular formula is C21H23N3O3. The summed E-state index contributed by atoms with van der Waals surface area (Å²) in [4.78, 5) is 25.4. The Morgan fingerprint density at radius 1 is 1.11 bits per heavy atom. The van der Waals surface area contributed by atoms with Gasteiger partial charge in [0.15, 0.2) is 0 Å². The molecule has 2 amide bonds. The third kappa shape index (κ3) is 5.32. The van der Waals surface area contributed by atoms with E-state index in [2.05, 4.69) is 10.6 Å². The van der Waals surface area contributed by atoms with Crippen LogP contribution in [0, 0.1) is 17.2 Å². The van der Waals surface area contributed by atoms with Crippen LogP contribution in [0.5, 0.6) is 5.75 Å². The second-order valence-electron chi connectivity index (χ2n) is 6.30. The normalized spacial score (nSPS) is 11.4. The summed E-state index contributed by atoms with van der Waals surface area (Å²) in [5.74, 6) is -0.330. The van der Waals surface area contributed by atoms with Crippen molar-refractivity contribution in [2.75, 3.05) is 11.9 Å². The van der Waals surface area contributed by atoms with Gasteiger partial charge < -0.3 is 15.4 Å². The molecule has 6 nitrogen and oxygen atoms in total. The zero-order valence-electron chi connectivity index (χ0n) is 15.7. The molecule has 0 aliphatic carbocycles. The summed E-state index contributed by atoms with van der Waals surface area (Å²) in [6.07, 6.45) is 0. The molecule has 140 valence electrons. The van der Waals surface area contributed by atoms with E-state index in [4.69, 9.17) is 10.00 Å². The van der Waals surface area contributed by atoms with Crippen molar-refractivity contribution in [1.82, 2.24) is 5.32 Å². The minimum atomic E-state index is -0.720. The first-order valence-electron chi connectivity index (χ1n) is 8.80. The number of carbonyl (C=O) groups is 2. The van der Waals surface area contributed by atoms with Gasteiger partial charge in [0.25, 0.3) is 5.91 Å². The first-order valence-corrected chi connectivity index (χ1v) is 8.80. The lowest BCUT2D eigenvalue weighted by Crippen LogP contribution is -2.47. The van der Waals surface area contributed by atoms with Crippen molar-refractivity contribution >= 4 is 17.5 Å². The van der Waals surface area contributed by atoms with Crippen LogP contribution < -0.4 is 15.4 Å². The highest BCUT2D eigenvalue weighted by molar-refractivity contribution is 6.02. The number of benzene rings is 2. The Morgan fingerprint density at radius 3 is 2.37 bits per heavy atom. The van der Waals surface area contributed by atoms with Crippen molar-refractivity contribution in [1.29, 1.82) is 5.26 Å². The largest absolute Gasteiger partial charge is 0.493 e. The molecule has 2 aromatic carbocycles. The Labute approximate surface area is 159 Å². The van der Waals surface area contributed by atoms with Gasteiger partial charge in [0.2, 0.25) is 5.91 Å². The van der Waals surface area contributed by atoms with Crippen LogP contribution in [0.2, 0.25) is 0 Å². The Balaban J connectivity index is 2.13. The monoisotopic (exact) mass is 365 g/mol. The number of nitriles is 1. The second-order valence-corrected chi connectivity index (χ2v) is 6.30. The summed E-state index contributed by atoms with van der Waals surface area (Å²) in [5, 5.41) is 14.4. The van der Waals surface area contributed by atoms with Crippen LogP contribution in [0.1, 0.15) is 36.7 Å². The number of para-hydroxylation sites is 1. The van der Waals surface area contributed by atoms with Gasteiger partial charge in [0, 0.05) is 5.69 Å². The molecule has 2 aromatic rings. The Hall–Kier alpha value is -3.33. The first-order chi connectivity index (χ1) is 13.0. The lowest BCUT2D eigenvalue weighted by molar-refractivity contribution is -0.118. The molecule has 0 saturated heterocycles. The molecule has 6 heteroatoms.